The van der Waals surface area contributed by atoms with Gasteiger partial charge < -0.3 is 5.32 Å². The summed E-state index contributed by atoms with van der Waals surface area (Å²) in [7, 11) is 1.99. The molecule has 0 bridgehead atoms. The first kappa shape index (κ1) is 17.5. The van der Waals surface area contributed by atoms with E-state index < -0.39 is 0 Å². The van der Waals surface area contributed by atoms with Crippen molar-refractivity contribution < 1.29 is 0 Å². The predicted octanol–water partition coefficient (Wildman–Crippen LogP) is 5.81. The Hall–Kier alpha value is -0.460. The highest BCUT2D eigenvalue weighted by atomic mass is 14.8. The molecular weight excluding hydrogens is 218 g/mol. The van der Waals surface area contributed by atoms with Gasteiger partial charge in [-0.1, -0.05) is 77.2 Å². The van der Waals surface area contributed by atoms with Crippen molar-refractivity contribution in [1.82, 2.24) is 5.32 Å². The minimum atomic E-state index is 1.24. The topological polar surface area (TPSA) is 12.0 Å². The van der Waals surface area contributed by atoms with Crippen LogP contribution in [0.25, 0.3) is 0 Å². The molecule has 1 N–H and O–H groups in total. The van der Waals surface area contributed by atoms with Crippen LogP contribution >= 0.6 is 0 Å². The summed E-state index contributed by atoms with van der Waals surface area (Å²) in [6.07, 6.45) is 19.3. The number of rotatable bonds is 13. The van der Waals surface area contributed by atoms with E-state index in [0.717, 1.165) is 0 Å². The maximum absolute atomic E-state index is 3.17. The summed E-state index contributed by atoms with van der Waals surface area (Å²) in [5.74, 6) is 0. The molecule has 0 radical (unpaired) electrons. The fraction of sp³-hybridized carbons (Fsp3) is 0.882. The second-order valence-corrected chi connectivity index (χ2v) is 5.46. The smallest absolute Gasteiger partial charge is 0.00319 e. The Labute approximate surface area is 115 Å². The maximum atomic E-state index is 3.17. The highest BCUT2D eigenvalue weighted by molar-refractivity contribution is 4.93. The molecule has 0 unspecified atom stereocenters. The highest BCUT2D eigenvalue weighted by Crippen LogP contribution is 2.12. The van der Waals surface area contributed by atoms with Crippen molar-refractivity contribution in [3.63, 3.8) is 0 Å². The first-order valence-electron chi connectivity index (χ1n) is 8.15. The lowest BCUT2D eigenvalue weighted by Crippen LogP contribution is -2.00. The summed E-state index contributed by atoms with van der Waals surface area (Å²) in [6, 6.07) is 0. The van der Waals surface area contributed by atoms with Gasteiger partial charge in [0.2, 0.25) is 0 Å². The van der Waals surface area contributed by atoms with Gasteiger partial charge in [0.25, 0.3) is 0 Å². The fourth-order valence-electron chi connectivity index (χ4n) is 2.23. The third-order valence-corrected chi connectivity index (χ3v) is 3.65. The van der Waals surface area contributed by atoms with E-state index in [-0.39, 0.29) is 0 Å². The number of allylic oxidation sites excluding steroid dienone is 2. The summed E-state index contributed by atoms with van der Waals surface area (Å²) < 4.78 is 0. The van der Waals surface area contributed by atoms with Gasteiger partial charge in [0.1, 0.15) is 0 Å². The van der Waals surface area contributed by atoms with Gasteiger partial charge in [0, 0.05) is 12.7 Å². The van der Waals surface area contributed by atoms with E-state index in [1.807, 2.05) is 7.05 Å². The molecule has 1 nitrogen and oxygen atoms in total. The normalized spacial score (nSPS) is 11.8. The average molecular weight is 253 g/mol. The van der Waals surface area contributed by atoms with Crippen molar-refractivity contribution in [2.45, 2.75) is 90.9 Å². The second kappa shape index (κ2) is 14.6. The number of nitrogens with one attached hydrogen (secondary N) is 1. The molecule has 0 amide bonds. The zero-order valence-corrected chi connectivity index (χ0v) is 13.1. The first-order chi connectivity index (χ1) is 8.81. The van der Waals surface area contributed by atoms with E-state index in [9.17, 15) is 0 Å². The summed E-state index contributed by atoms with van der Waals surface area (Å²) >= 11 is 0. The lowest BCUT2D eigenvalue weighted by Gasteiger charge is -2.02. The molecule has 0 aromatic heterocycles. The van der Waals surface area contributed by atoms with Crippen LogP contribution in [0.5, 0.6) is 0 Å². The molecule has 0 aromatic rings. The van der Waals surface area contributed by atoms with E-state index >= 15 is 0 Å². The van der Waals surface area contributed by atoms with E-state index in [0.29, 0.717) is 0 Å². The standard InChI is InChI=1S/C17H35N/c1-4-5-6-7-8-9-10-11-12-13-14-15-16-17(2)18-3/h16,18H,4-15H2,1-3H3/b17-16-. The van der Waals surface area contributed by atoms with Crippen molar-refractivity contribution in [2.24, 2.45) is 0 Å². The Balaban J connectivity index is 3.03. The molecule has 0 aliphatic carbocycles. The maximum Gasteiger partial charge on any atom is 0.00319 e. The van der Waals surface area contributed by atoms with Gasteiger partial charge in [-0.3, -0.25) is 0 Å². The van der Waals surface area contributed by atoms with Crippen LogP contribution in [0.1, 0.15) is 90.9 Å². The molecule has 0 aliphatic rings. The van der Waals surface area contributed by atoms with Crippen LogP contribution in [0.3, 0.4) is 0 Å². The Bertz CT molecular complexity index is 184. The lowest BCUT2D eigenvalue weighted by atomic mass is 10.1. The largest absolute Gasteiger partial charge is 0.392 e. The molecule has 0 fully saturated rings. The first-order valence-corrected chi connectivity index (χ1v) is 8.15. The van der Waals surface area contributed by atoms with Crippen LogP contribution in [0.2, 0.25) is 0 Å². The number of hydrogen-bond donors (Lipinski definition) is 1. The molecule has 0 rings (SSSR count). The molecule has 0 aliphatic heterocycles. The molecule has 0 aromatic carbocycles. The van der Waals surface area contributed by atoms with Crippen LogP contribution < -0.4 is 5.32 Å². The minimum Gasteiger partial charge on any atom is -0.392 e. The van der Waals surface area contributed by atoms with E-state index in [1.165, 1.54) is 82.7 Å². The number of unbranched alkanes of at least 4 members (excludes halogenated alkanes) is 11. The van der Waals surface area contributed by atoms with Crippen LogP contribution in [-0.2, 0) is 0 Å². The van der Waals surface area contributed by atoms with E-state index in [4.69, 9.17) is 0 Å². The molecule has 0 spiro atoms. The van der Waals surface area contributed by atoms with E-state index in [2.05, 4.69) is 25.2 Å². The van der Waals surface area contributed by atoms with Gasteiger partial charge in [-0.15, -0.1) is 0 Å². The minimum absolute atomic E-state index is 1.24. The van der Waals surface area contributed by atoms with Crippen LogP contribution in [0, 0.1) is 0 Å². The Morgan fingerprint density at radius 2 is 1.22 bits per heavy atom. The molecule has 0 atom stereocenters. The third kappa shape index (κ3) is 13.6. The highest BCUT2D eigenvalue weighted by Gasteiger charge is 1.92. The van der Waals surface area contributed by atoms with Crippen molar-refractivity contribution in [2.75, 3.05) is 7.05 Å². The van der Waals surface area contributed by atoms with Gasteiger partial charge in [-0.25, -0.2) is 0 Å². The van der Waals surface area contributed by atoms with Crippen molar-refractivity contribution in [1.29, 1.82) is 0 Å². The summed E-state index contributed by atoms with van der Waals surface area (Å²) in [6.45, 7) is 4.42. The van der Waals surface area contributed by atoms with Crippen molar-refractivity contribution in [3.8, 4) is 0 Å². The third-order valence-electron chi connectivity index (χ3n) is 3.65. The fourth-order valence-corrected chi connectivity index (χ4v) is 2.23. The molecule has 108 valence electrons. The zero-order chi connectivity index (χ0) is 13.5. The Kier molecular flexibility index (Phi) is 14.2. The van der Waals surface area contributed by atoms with Crippen LogP contribution in [-0.4, -0.2) is 7.05 Å². The summed E-state index contributed by atoms with van der Waals surface area (Å²) in [5.41, 5.74) is 1.31. The van der Waals surface area contributed by atoms with Crippen LogP contribution in [0.4, 0.5) is 0 Å². The zero-order valence-electron chi connectivity index (χ0n) is 13.1. The summed E-state index contributed by atoms with van der Waals surface area (Å²) in [4.78, 5) is 0. The van der Waals surface area contributed by atoms with E-state index in [1.54, 1.807) is 0 Å². The average Bonchev–Trinajstić information content (AvgIpc) is 2.39. The molecule has 0 saturated heterocycles. The van der Waals surface area contributed by atoms with Crippen molar-refractivity contribution >= 4 is 0 Å². The quantitative estimate of drug-likeness (QED) is 0.408. The lowest BCUT2D eigenvalue weighted by molar-refractivity contribution is 0.550. The molecule has 1 heteroatoms. The van der Waals surface area contributed by atoms with Gasteiger partial charge in [0.05, 0.1) is 0 Å². The van der Waals surface area contributed by atoms with Crippen LogP contribution in [0.15, 0.2) is 11.8 Å². The number of hydrogen-bond acceptors (Lipinski definition) is 1. The van der Waals surface area contributed by atoms with Gasteiger partial charge in [0.15, 0.2) is 0 Å². The Morgan fingerprint density at radius 3 is 1.67 bits per heavy atom. The van der Waals surface area contributed by atoms with Crippen molar-refractivity contribution in [3.05, 3.63) is 11.8 Å². The molecule has 18 heavy (non-hydrogen) atoms. The van der Waals surface area contributed by atoms with Gasteiger partial charge >= 0.3 is 0 Å². The van der Waals surface area contributed by atoms with Gasteiger partial charge in [-0.05, 0) is 19.8 Å². The summed E-state index contributed by atoms with van der Waals surface area (Å²) in [5, 5.41) is 3.17. The Morgan fingerprint density at radius 1 is 0.778 bits per heavy atom. The monoisotopic (exact) mass is 253 g/mol. The second-order valence-electron chi connectivity index (χ2n) is 5.46. The molecule has 0 saturated carbocycles. The predicted molar refractivity (Wildman–Crippen MR) is 83.9 cm³/mol. The SMILES string of the molecule is CCCCCCCCCCCCC/C=C(/C)NC. The molecule has 0 heterocycles. The van der Waals surface area contributed by atoms with Gasteiger partial charge in [-0.2, -0.15) is 0 Å². The molecular formula is C17H35N.